The Morgan fingerprint density at radius 3 is 2.42 bits per heavy atom. The lowest BCUT2D eigenvalue weighted by molar-refractivity contribution is -0.122. The van der Waals surface area contributed by atoms with Gasteiger partial charge in [-0.1, -0.05) is 43.3 Å². The fourth-order valence-electron chi connectivity index (χ4n) is 3.35. The van der Waals surface area contributed by atoms with Crippen LogP contribution in [0.5, 0.6) is 5.75 Å². The quantitative estimate of drug-likeness (QED) is 0.392. The summed E-state index contributed by atoms with van der Waals surface area (Å²) in [7, 11) is -3.77. The van der Waals surface area contributed by atoms with Crippen LogP contribution in [0.3, 0.4) is 0 Å². The fourth-order valence-corrected chi connectivity index (χ4v) is 4.39. The number of ether oxygens (including phenoxy) is 1. The van der Waals surface area contributed by atoms with Gasteiger partial charge in [-0.15, -0.1) is 0 Å². The van der Waals surface area contributed by atoms with Crippen LogP contribution in [-0.2, 0) is 14.8 Å². The first kappa shape index (κ1) is 22.3. The summed E-state index contributed by atoms with van der Waals surface area (Å²) in [6, 6.07) is 22.7. The van der Waals surface area contributed by atoms with Crippen LogP contribution in [-0.4, -0.2) is 25.4 Å². The summed E-state index contributed by atoms with van der Waals surface area (Å²) in [5, 5.41) is 4.76. The number of carbonyl (C=O) groups excluding carboxylic acids is 1. The van der Waals surface area contributed by atoms with Crippen LogP contribution in [0.2, 0.25) is 0 Å². The number of hydrogen-bond donors (Lipinski definition) is 2. The van der Waals surface area contributed by atoms with Gasteiger partial charge in [-0.05, 0) is 54.3 Å². The van der Waals surface area contributed by atoms with E-state index >= 15 is 0 Å². The first-order valence-electron chi connectivity index (χ1n) is 10.4. The molecule has 2 N–H and O–H groups in total. The van der Waals surface area contributed by atoms with E-state index in [0.717, 1.165) is 10.8 Å². The van der Waals surface area contributed by atoms with Crippen molar-refractivity contribution < 1.29 is 17.9 Å². The number of fused-ring (bicyclic) bond motifs is 1. The first-order valence-corrected chi connectivity index (χ1v) is 11.9. The number of aromatic nitrogens is 1. The third-order valence-corrected chi connectivity index (χ3v) is 6.43. The van der Waals surface area contributed by atoms with Gasteiger partial charge < -0.3 is 10.1 Å². The van der Waals surface area contributed by atoms with E-state index in [0.29, 0.717) is 23.5 Å². The monoisotopic (exact) mass is 461 g/mol. The molecular formula is C25H23N3O4S. The number of hydrogen-bond acceptors (Lipinski definition) is 5. The minimum Gasteiger partial charge on any atom is -0.480 e. The molecule has 0 aliphatic rings. The second kappa shape index (κ2) is 9.70. The van der Waals surface area contributed by atoms with Crippen molar-refractivity contribution in [2.45, 2.75) is 24.3 Å². The lowest BCUT2D eigenvalue weighted by Gasteiger charge is -2.18. The Balaban J connectivity index is 1.45. The van der Waals surface area contributed by atoms with E-state index in [9.17, 15) is 13.2 Å². The highest BCUT2D eigenvalue weighted by molar-refractivity contribution is 7.92. The molecule has 1 aromatic heterocycles. The summed E-state index contributed by atoms with van der Waals surface area (Å²) in [5.41, 5.74) is 0.839. The van der Waals surface area contributed by atoms with Crippen LogP contribution in [0.4, 0.5) is 11.4 Å². The third-order valence-electron chi connectivity index (χ3n) is 5.03. The molecule has 1 amide bonds. The maximum Gasteiger partial charge on any atom is 0.265 e. The van der Waals surface area contributed by atoms with Gasteiger partial charge in [0.15, 0.2) is 6.10 Å². The molecule has 1 heterocycles. The van der Waals surface area contributed by atoms with Gasteiger partial charge in [-0.2, -0.15) is 0 Å². The van der Waals surface area contributed by atoms with Crippen molar-refractivity contribution in [3.8, 4) is 5.75 Å². The molecule has 0 bridgehead atoms. The van der Waals surface area contributed by atoms with Crippen LogP contribution in [0, 0.1) is 0 Å². The highest BCUT2D eigenvalue weighted by Gasteiger charge is 2.20. The van der Waals surface area contributed by atoms with Crippen molar-refractivity contribution in [3.63, 3.8) is 0 Å². The number of nitrogens with one attached hydrogen (secondary N) is 2. The largest absolute Gasteiger partial charge is 0.480 e. The normalized spacial score (nSPS) is 12.2. The van der Waals surface area contributed by atoms with E-state index in [1.165, 1.54) is 18.3 Å². The lowest BCUT2D eigenvalue weighted by atomic mass is 10.1. The molecule has 4 rings (SSSR count). The highest BCUT2D eigenvalue weighted by Crippen LogP contribution is 2.27. The number of benzene rings is 3. The maximum atomic E-state index is 12.8. The number of nitrogens with zero attached hydrogens (tertiary/aromatic N) is 1. The predicted octanol–water partition coefficient (Wildman–Crippen LogP) is 4.83. The predicted molar refractivity (Wildman–Crippen MR) is 129 cm³/mol. The molecule has 0 unspecified atom stereocenters. The second-order valence-corrected chi connectivity index (χ2v) is 9.04. The van der Waals surface area contributed by atoms with Crippen LogP contribution in [0.25, 0.3) is 10.8 Å². The van der Waals surface area contributed by atoms with Gasteiger partial charge in [0.25, 0.3) is 15.9 Å². The molecule has 0 fully saturated rings. The van der Waals surface area contributed by atoms with Crippen molar-refractivity contribution in [2.24, 2.45) is 0 Å². The smallest absolute Gasteiger partial charge is 0.265 e. The Morgan fingerprint density at radius 1 is 0.939 bits per heavy atom. The molecule has 7 nitrogen and oxygen atoms in total. The number of pyridine rings is 1. The van der Waals surface area contributed by atoms with Crippen LogP contribution < -0.4 is 14.8 Å². The summed E-state index contributed by atoms with van der Waals surface area (Å²) in [6.45, 7) is 1.87. The topological polar surface area (TPSA) is 97.4 Å². The van der Waals surface area contributed by atoms with E-state index in [2.05, 4.69) is 15.0 Å². The molecule has 1 atom stereocenters. The summed E-state index contributed by atoms with van der Waals surface area (Å²) in [5.74, 6) is 0.326. The molecule has 0 aliphatic heterocycles. The Morgan fingerprint density at radius 2 is 1.70 bits per heavy atom. The Hall–Kier alpha value is -3.91. The molecule has 33 heavy (non-hydrogen) atoms. The average Bonchev–Trinajstić information content (AvgIpc) is 2.83. The van der Waals surface area contributed by atoms with Crippen LogP contribution in [0.1, 0.15) is 13.3 Å². The van der Waals surface area contributed by atoms with E-state index in [1.54, 1.807) is 30.5 Å². The molecule has 4 aromatic rings. The van der Waals surface area contributed by atoms with Gasteiger partial charge in [-0.3, -0.25) is 14.5 Å². The SMILES string of the molecule is CC[C@H](Oc1cccc2ccccc12)C(=O)Nc1ccc(S(=O)(=O)Nc2cccnc2)cc1. The minimum absolute atomic E-state index is 0.0726. The number of sulfonamides is 1. The van der Waals surface area contributed by atoms with Gasteiger partial charge in [0.05, 0.1) is 16.8 Å². The van der Waals surface area contributed by atoms with Crippen molar-refractivity contribution in [2.75, 3.05) is 10.0 Å². The maximum absolute atomic E-state index is 12.8. The van der Waals surface area contributed by atoms with Crippen molar-refractivity contribution in [3.05, 3.63) is 91.3 Å². The summed E-state index contributed by atoms with van der Waals surface area (Å²) < 4.78 is 33.6. The zero-order chi connectivity index (χ0) is 23.3. The fraction of sp³-hybridized carbons (Fsp3) is 0.120. The number of carbonyl (C=O) groups is 1. The van der Waals surface area contributed by atoms with E-state index in [4.69, 9.17) is 4.74 Å². The Bertz CT molecular complexity index is 1350. The molecule has 0 saturated carbocycles. The minimum atomic E-state index is -3.77. The van der Waals surface area contributed by atoms with Gasteiger partial charge >= 0.3 is 0 Å². The molecule has 0 spiro atoms. The summed E-state index contributed by atoms with van der Waals surface area (Å²) in [6.07, 6.45) is 2.75. The molecule has 0 aliphatic carbocycles. The number of amides is 1. The lowest BCUT2D eigenvalue weighted by Crippen LogP contribution is -2.32. The zero-order valence-corrected chi connectivity index (χ0v) is 18.7. The molecule has 8 heteroatoms. The van der Waals surface area contributed by atoms with E-state index < -0.39 is 16.1 Å². The van der Waals surface area contributed by atoms with Gasteiger partial charge in [-0.25, -0.2) is 8.42 Å². The molecule has 0 radical (unpaired) electrons. The van der Waals surface area contributed by atoms with Crippen LogP contribution in [0.15, 0.2) is 96.2 Å². The second-order valence-electron chi connectivity index (χ2n) is 7.35. The Kier molecular flexibility index (Phi) is 6.55. The average molecular weight is 462 g/mol. The summed E-state index contributed by atoms with van der Waals surface area (Å²) in [4.78, 5) is 16.8. The highest BCUT2D eigenvalue weighted by atomic mass is 32.2. The van der Waals surface area contributed by atoms with Crippen molar-refractivity contribution in [1.82, 2.24) is 4.98 Å². The van der Waals surface area contributed by atoms with E-state index in [1.807, 2.05) is 49.4 Å². The third kappa shape index (κ3) is 5.30. The number of rotatable bonds is 8. The van der Waals surface area contributed by atoms with E-state index in [-0.39, 0.29) is 10.8 Å². The summed E-state index contributed by atoms with van der Waals surface area (Å²) >= 11 is 0. The van der Waals surface area contributed by atoms with Gasteiger partial charge in [0.1, 0.15) is 5.75 Å². The van der Waals surface area contributed by atoms with Gasteiger partial charge in [0.2, 0.25) is 0 Å². The molecule has 3 aromatic carbocycles. The zero-order valence-electron chi connectivity index (χ0n) is 17.9. The van der Waals surface area contributed by atoms with Crippen LogP contribution >= 0.6 is 0 Å². The first-order chi connectivity index (χ1) is 16.0. The molecule has 0 saturated heterocycles. The molecular weight excluding hydrogens is 438 g/mol. The standard InChI is InChI=1S/C25H23N3O4S/c1-2-23(32-24-11-5-8-18-7-3-4-10-22(18)24)25(29)27-19-12-14-21(15-13-19)33(30,31)28-20-9-6-16-26-17-20/h3-17,23,28H,2H2,1H3,(H,27,29)/t23-/m0/s1. The Labute approximate surface area is 192 Å². The van der Waals surface area contributed by atoms with Crippen molar-refractivity contribution in [1.29, 1.82) is 0 Å². The number of anilines is 2. The molecule has 168 valence electrons. The van der Waals surface area contributed by atoms with Crippen molar-refractivity contribution >= 4 is 38.1 Å². The van der Waals surface area contributed by atoms with Gasteiger partial charge in [0, 0.05) is 17.3 Å².